The van der Waals surface area contributed by atoms with E-state index in [-0.39, 0.29) is 29.2 Å². The minimum Gasteiger partial charge on any atom is -0.475 e. The number of anilines is 1. The first-order valence-corrected chi connectivity index (χ1v) is 14.2. The van der Waals surface area contributed by atoms with Crippen LogP contribution in [0.1, 0.15) is 25.1 Å². The SMILES string of the molecule is CN1C2CCCC1CN(S(=O)(=O)c1ccc(NCc3nnc(-c4ccccc4)n3C)c(F)c1)C2.O=C(O)C(F)(F)F. The van der Waals surface area contributed by atoms with Crippen molar-refractivity contribution in [2.24, 2.45) is 7.05 Å². The van der Waals surface area contributed by atoms with Crippen molar-refractivity contribution in [3.05, 3.63) is 60.2 Å². The highest BCUT2D eigenvalue weighted by Crippen LogP contribution is 2.31. The molecular formula is C26H30F4N6O4S. The molecule has 41 heavy (non-hydrogen) atoms. The minimum absolute atomic E-state index is 0.0109. The number of carboxylic acids is 1. The van der Waals surface area contributed by atoms with Gasteiger partial charge in [0.05, 0.1) is 17.1 Å². The van der Waals surface area contributed by atoms with Gasteiger partial charge in [0.1, 0.15) is 5.82 Å². The van der Waals surface area contributed by atoms with Gasteiger partial charge < -0.3 is 15.0 Å². The van der Waals surface area contributed by atoms with E-state index in [4.69, 9.17) is 9.90 Å². The van der Waals surface area contributed by atoms with Crippen molar-refractivity contribution in [3.8, 4) is 11.4 Å². The molecule has 0 spiro atoms. The molecule has 15 heteroatoms. The fraction of sp³-hybridized carbons (Fsp3) is 0.423. The lowest BCUT2D eigenvalue weighted by Gasteiger charge is -2.47. The molecule has 2 unspecified atom stereocenters. The number of piperazine rings is 1. The van der Waals surface area contributed by atoms with Crippen molar-refractivity contribution in [1.82, 2.24) is 24.0 Å². The van der Waals surface area contributed by atoms with Crippen LogP contribution in [0.4, 0.5) is 23.2 Å². The average molecular weight is 599 g/mol. The third-order valence-corrected chi connectivity index (χ3v) is 9.14. The number of fused-ring (bicyclic) bond motifs is 2. The molecule has 1 aromatic heterocycles. The second-order valence-corrected chi connectivity index (χ2v) is 11.8. The highest BCUT2D eigenvalue weighted by molar-refractivity contribution is 7.89. The Morgan fingerprint density at radius 3 is 2.22 bits per heavy atom. The number of piperidine rings is 1. The lowest BCUT2D eigenvalue weighted by Crippen LogP contribution is -2.60. The Labute approximate surface area is 234 Å². The number of rotatable bonds is 6. The molecule has 0 saturated carbocycles. The molecule has 2 atom stereocenters. The summed E-state index contributed by atoms with van der Waals surface area (Å²) >= 11 is 0. The molecule has 2 aliphatic heterocycles. The number of aromatic nitrogens is 3. The largest absolute Gasteiger partial charge is 0.490 e. The molecule has 5 rings (SSSR count). The highest BCUT2D eigenvalue weighted by atomic mass is 32.2. The number of nitrogens with one attached hydrogen (secondary N) is 1. The third kappa shape index (κ3) is 6.85. The van der Waals surface area contributed by atoms with Gasteiger partial charge in [-0.25, -0.2) is 17.6 Å². The van der Waals surface area contributed by atoms with Gasteiger partial charge in [-0.1, -0.05) is 36.8 Å². The predicted molar refractivity (Wildman–Crippen MR) is 142 cm³/mol. The Bertz CT molecular complexity index is 1470. The third-order valence-electron chi connectivity index (χ3n) is 7.31. The number of hydrogen-bond acceptors (Lipinski definition) is 7. The van der Waals surface area contributed by atoms with Gasteiger partial charge >= 0.3 is 12.1 Å². The van der Waals surface area contributed by atoms with Gasteiger partial charge in [-0.15, -0.1) is 10.2 Å². The number of carboxylic acid groups (broad SMARTS) is 1. The smallest absolute Gasteiger partial charge is 0.475 e. The number of benzene rings is 2. The number of carbonyl (C=O) groups is 1. The topological polar surface area (TPSA) is 121 Å². The summed E-state index contributed by atoms with van der Waals surface area (Å²) in [7, 11) is 0.170. The summed E-state index contributed by atoms with van der Waals surface area (Å²) < 4.78 is 76.5. The first kappa shape index (κ1) is 30.4. The number of alkyl halides is 3. The van der Waals surface area contributed by atoms with E-state index in [1.54, 1.807) is 0 Å². The van der Waals surface area contributed by atoms with Gasteiger partial charge in [0, 0.05) is 37.8 Å². The van der Waals surface area contributed by atoms with Gasteiger partial charge in [-0.05, 0) is 38.1 Å². The molecule has 2 fully saturated rings. The van der Waals surface area contributed by atoms with E-state index in [0.717, 1.165) is 36.7 Å². The summed E-state index contributed by atoms with van der Waals surface area (Å²) in [5.74, 6) is -2.01. The van der Waals surface area contributed by atoms with E-state index in [9.17, 15) is 26.0 Å². The van der Waals surface area contributed by atoms with Gasteiger partial charge in [-0.2, -0.15) is 17.5 Å². The maximum absolute atomic E-state index is 14.9. The summed E-state index contributed by atoms with van der Waals surface area (Å²) in [5, 5.41) is 18.6. The normalized spacial score (nSPS) is 19.8. The van der Waals surface area contributed by atoms with Crippen LogP contribution in [0.3, 0.4) is 0 Å². The fourth-order valence-corrected chi connectivity index (χ4v) is 6.48. The monoisotopic (exact) mass is 598 g/mol. The van der Waals surface area contributed by atoms with Crippen LogP contribution < -0.4 is 5.32 Å². The Morgan fingerprint density at radius 1 is 1.05 bits per heavy atom. The molecule has 10 nitrogen and oxygen atoms in total. The van der Waals surface area contributed by atoms with E-state index < -0.39 is 28.0 Å². The zero-order chi connectivity index (χ0) is 29.9. The van der Waals surface area contributed by atoms with E-state index in [1.807, 2.05) is 41.9 Å². The van der Waals surface area contributed by atoms with Crippen LogP contribution in [0.25, 0.3) is 11.4 Å². The number of likely N-dealkylation sites (N-methyl/N-ethyl adjacent to an activating group) is 1. The van der Waals surface area contributed by atoms with E-state index in [1.165, 1.54) is 16.4 Å². The van der Waals surface area contributed by atoms with Crippen LogP contribution in [0.15, 0.2) is 53.4 Å². The van der Waals surface area contributed by atoms with Gasteiger partial charge in [0.2, 0.25) is 10.0 Å². The maximum atomic E-state index is 14.9. The molecule has 3 heterocycles. The second-order valence-electron chi connectivity index (χ2n) is 9.89. The van der Waals surface area contributed by atoms with Crippen LogP contribution in [-0.2, 0) is 28.4 Å². The van der Waals surface area contributed by atoms with Crippen LogP contribution in [0, 0.1) is 5.82 Å². The molecular weight excluding hydrogens is 568 g/mol. The van der Waals surface area contributed by atoms with Gasteiger partial charge in [-0.3, -0.25) is 4.90 Å². The standard InChI is InChI=1S/C24H29FN6O2S.C2HF3O2/c1-29-18-9-6-10-19(29)16-31(15-18)34(32,33)20-11-12-22(21(25)13-20)26-14-23-27-28-24(30(23)2)17-7-4-3-5-8-17;3-2(4,5)1(6)7/h3-5,7-8,11-13,18-19,26H,6,9-10,14-16H2,1-2H3;(H,6,7). The molecule has 2 aromatic carbocycles. The number of hydrogen-bond donors (Lipinski definition) is 2. The van der Waals surface area contributed by atoms with Crippen molar-refractivity contribution in [2.45, 2.75) is 49.0 Å². The van der Waals surface area contributed by atoms with Gasteiger partial charge in [0.15, 0.2) is 11.6 Å². The maximum Gasteiger partial charge on any atom is 0.490 e. The van der Waals surface area contributed by atoms with Crippen LogP contribution in [-0.4, -0.2) is 81.9 Å². The molecule has 2 bridgehead atoms. The van der Waals surface area contributed by atoms with Crippen molar-refractivity contribution in [1.29, 1.82) is 0 Å². The Balaban J connectivity index is 0.000000493. The molecule has 2 saturated heterocycles. The molecule has 222 valence electrons. The zero-order valence-electron chi connectivity index (χ0n) is 22.3. The Kier molecular flexibility index (Phi) is 8.99. The molecule has 0 radical (unpaired) electrons. The molecule has 3 aromatic rings. The van der Waals surface area contributed by atoms with E-state index >= 15 is 0 Å². The first-order chi connectivity index (χ1) is 19.3. The van der Waals surface area contributed by atoms with Crippen LogP contribution in [0.2, 0.25) is 0 Å². The average Bonchev–Trinajstić information content (AvgIpc) is 3.28. The summed E-state index contributed by atoms with van der Waals surface area (Å²) in [6, 6.07) is 14.2. The molecule has 0 amide bonds. The summed E-state index contributed by atoms with van der Waals surface area (Å²) in [4.78, 5) is 11.2. The zero-order valence-corrected chi connectivity index (χ0v) is 23.2. The fourth-order valence-electron chi connectivity index (χ4n) is 4.95. The summed E-state index contributed by atoms with van der Waals surface area (Å²) in [5.41, 5.74) is 1.16. The van der Waals surface area contributed by atoms with Crippen molar-refractivity contribution >= 4 is 21.7 Å². The molecule has 0 aliphatic carbocycles. The lowest BCUT2D eigenvalue weighted by atomic mass is 9.93. The lowest BCUT2D eigenvalue weighted by molar-refractivity contribution is -0.192. The number of sulfonamides is 1. The second kappa shape index (κ2) is 12.1. The molecule has 2 aliphatic rings. The van der Waals surface area contributed by atoms with Gasteiger partial charge in [0.25, 0.3) is 0 Å². The van der Waals surface area contributed by atoms with E-state index in [0.29, 0.717) is 18.9 Å². The summed E-state index contributed by atoms with van der Waals surface area (Å²) in [6.07, 6.45) is -1.98. The van der Waals surface area contributed by atoms with Crippen molar-refractivity contribution < 1.29 is 35.9 Å². The Hall–Kier alpha value is -3.56. The first-order valence-electron chi connectivity index (χ1n) is 12.8. The number of nitrogens with zero attached hydrogens (tertiary/aromatic N) is 5. The quantitative estimate of drug-likeness (QED) is 0.412. The van der Waals surface area contributed by atoms with E-state index in [2.05, 4.69) is 27.5 Å². The van der Waals surface area contributed by atoms with Crippen molar-refractivity contribution in [2.75, 3.05) is 25.5 Å². The highest BCUT2D eigenvalue weighted by Gasteiger charge is 2.40. The predicted octanol–water partition coefficient (Wildman–Crippen LogP) is 3.72. The number of halogens is 4. The van der Waals surface area contributed by atoms with Crippen molar-refractivity contribution in [3.63, 3.8) is 0 Å². The van der Waals surface area contributed by atoms with Crippen LogP contribution >= 0.6 is 0 Å². The number of aliphatic carboxylic acids is 1. The minimum atomic E-state index is -5.08. The van der Waals surface area contributed by atoms with Crippen LogP contribution in [0.5, 0.6) is 0 Å². The molecule has 2 N–H and O–H groups in total. The Morgan fingerprint density at radius 2 is 1.66 bits per heavy atom. The summed E-state index contributed by atoms with van der Waals surface area (Å²) in [6.45, 7) is 1.15.